The van der Waals surface area contributed by atoms with Crippen LogP contribution in [0.4, 0.5) is 8.78 Å². The smallest absolute Gasteiger partial charge is 0.132 e. The van der Waals surface area contributed by atoms with Crippen molar-refractivity contribution in [1.82, 2.24) is 5.32 Å². The highest BCUT2D eigenvalue weighted by molar-refractivity contribution is 7.27. The first-order chi connectivity index (χ1) is 7.18. The highest BCUT2D eigenvalue weighted by Crippen LogP contribution is 2.21. The number of benzene rings is 1. The highest BCUT2D eigenvalue weighted by atomic mass is 31.0. The van der Waals surface area contributed by atoms with Crippen LogP contribution in [-0.4, -0.2) is 0 Å². The SMILES string of the molecule is Fc1cc(F)c(C2C=CC=CN2)c(P)c1. The standard InChI is InChI=1S/C11H10F2NP/c12-7-5-8(13)11(10(15)6-7)9-3-1-2-4-14-9/h1-6,9,14H,15H2. The molecule has 0 fully saturated rings. The molecule has 2 unspecified atom stereocenters. The minimum atomic E-state index is -0.559. The van der Waals surface area contributed by atoms with Crippen molar-refractivity contribution >= 4 is 14.5 Å². The van der Waals surface area contributed by atoms with Gasteiger partial charge in [-0.2, -0.15) is 0 Å². The van der Waals surface area contributed by atoms with E-state index in [2.05, 4.69) is 14.6 Å². The minimum Gasteiger partial charge on any atom is -0.380 e. The van der Waals surface area contributed by atoms with E-state index in [0.29, 0.717) is 10.9 Å². The maximum atomic E-state index is 13.5. The van der Waals surface area contributed by atoms with Gasteiger partial charge in [0, 0.05) is 11.6 Å². The first-order valence-corrected chi connectivity index (χ1v) is 5.10. The third-order valence-electron chi connectivity index (χ3n) is 2.22. The fourth-order valence-electron chi connectivity index (χ4n) is 1.56. The number of halogens is 2. The van der Waals surface area contributed by atoms with Gasteiger partial charge in [0.1, 0.15) is 11.6 Å². The zero-order valence-corrected chi connectivity index (χ0v) is 9.03. The van der Waals surface area contributed by atoms with Crippen LogP contribution in [0.3, 0.4) is 0 Å². The Morgan fingerprint density at radius 1 is 1.20 bits per heavy atom. The quantitative estimate of drug-likeness (QED) is 0.722. The summed E-state index contributed by atoms with van der Waals surface area (Å²) in [6.45, 7) is 0. The van der Waals surface area contributed by atoms with Crippen molar-refractivity contribution in [3.05, 3.63) is 53.8 Å². The Hall–Kier alpha value is -1.21. The molecule has 1 nitrogen and oxygen atoms in total. The van der Waals surface area contributed by atoms with Gasteiger partial charge < -0.3 is 5.32 Å². The van der Waals surface area contributed by atoms with Crippen LogP contribution in [-0.2, 0) is 0 Å². The second-order valence-electron chi connectivity index (χ2n) is 3.28. The van der Waals surface area contributed by atoms with Crippen molar-refractivity contribution < 1.29 is 8.78 Å². The molecule has 15 heavy (non-hydrogen) atoms. The molecule has 1 aromatic carbocycles. The lowest BCUT2D eigenvalue weighted by molar-refractivity contribution is 0.562. The van der Waals surface area contributed by atoms with Crippen LogP contribution in [0.5, 0.6) is 0 Å². The Labute approximate surface area is 89.1 Å². The molecule has 0 amide bonds. The maximum absolute atomic E-state index is 13.5. The van der Waals surface area contributed by atoms with Crippen LogP contribution in [0, 0.1) is 11.6 Å². The monoisotopic (exact) mass is 225 g/mol. The average Bonchev–Trinajstić information content (AvgIpc) is 2.17. The van der Waals surface area contributed by atoms with E-state index < -0.39 is 11.6 Å². The molecular formula is C11H10F2NP. The number of dihydropyridines is 1. The van der Waals surface area contributed by atoms with E-state index in [1.54, 1.807) is 6.20 Å². The van der Waals surface area contributed by atoms with Crippen LogP contribution in [0.2, 0.25) is 0 Å². The van der Waals surface area contributed by atoms with Gasteiger partial charge in [-0.25, -0.2) is 8.78 Å². The summed E-state index contributed by atoms with van der Waals surface area (Å²) in [6, 6.07) is 1.97. The Bertz CT molecular complexity index is 417. The van der Waals surface area contributed by atoms with Crippen LogP contribution < -0.4 is 10.6 Å². The molecule has 0 saturated heterocycles. The third-order valence-corrected chi connectivity index (χ3v) is 2.70. The molecule has 2 rings (SSSR count). The van der Waals surface area contributed by atoms with Gasteiger partial charge in [-0.15, -0.1) is 9.24 Å². The van der Waals surface area contributed by atoms with Crippen LogP contribution >= 0.6 is 9.24 Å². The molecule has 1 heterocycles. The molecule has 2 atom stereocenters. The van der Waals surface area contributed by atoms with Crippen LogP contribution in [0.25, 0.3) is 0 Å². The number of allylic oxidation sites excluding steroid dienone is 2. The topological polar surface area (TPSA) is 12.0 Å². The lowest BCUT2D eigenvalue weighted by atomic mass is 10.0. The average molecular weight is 225 g/mol. The van der Waals surface area contributed by atoms with Gasteiger partial charge in [0.15, 0.2) is 0 Å². The Morgan fingerprint density at radius 2 is 2.00 bits per heavy atom. The number of nitrogens with one attached hydrogen (secondary N) is 1. The minimum absolute atomic E-state index is 0.233. The first-order valence-electron chi connectivity index (χ1n) is 4.52. The summed E-state index contributed by atoms with van der Waals surface area (Å²) in [4.78, 5) is 0. The van der Waals surface area contributed by atoms with Gasteiger partial charge in [0.05, 0.1) is 6.04 Å². The maximum Gasteiger partial charge on any atom is 0.132 e. The van der Waals surface area contributed by atoms with E-state index in [1.165, 1.54) is 6.07 Å². The lowest BCUT2D eigenvalue weighted by Gasteiger charge is -2.18. The van der Waals surface area contributed by atoms with E-state index in [-0.39, 0.29) is 6.04 Å². The van der Waals surface area contributed by atoms with Crippen LogP contribution in [0.1, 0.15) is 11.6 Å². The molecule has 0 bridgehead atoms. The highest BCUT2D eigenvalue weighted by Gasteiger charge is 2.16. The molecule has 0 radical (unpaired) electrons. The molecule has 1 N–H and O–H groups in total. The molecule has 1 aromatic rings. The summed E-state index contributed by atoms with van der Waals surface area (Å²) < 4.78 is 26.4. The summed E-state index contributed by atoms with van der Waals surface area (Å²) in [7, 11) is 2.35. The summed E-state index contributed by atoms with van der Waals surface area (Å²) >= 11 is 0. The Morgan fingerprint density at radius 3 is 2.60 bits per heavy atom. The van der Waals surface area contributed by atoms with Crippen molar-refractivity contribution in [2.75, 3.05) is 0 Å². The summed E-state index contributed by atoms with van der Waals surface area (Å²) in [5.41, 5.74) is 0.460. The van der Waals surface area contributed by atoms with Crippen LogP contribution in [0.15, 0.2) is 36.6 Å². The molecule has 0 aromatic heterocycles. The molecule has 4 heteroatoms. The van der Waals surface area contributed by atoms with Gasteiger partial charge in [-0.1, -0.05) is 12.2 Å². The van der Waals surface area contributed by atoms with Gasteiger partial charge in [-0.05, 0) is 23.6 Å². The normalized spacial score (nSPS) is 19.0. The fourth-order valence-corrected chi connectivity index (χ4v) is 2.03. The van der Waals surface area contributed by atoms with Gasteiger partial charge >= 0.3 is 0 Å². The van der Waals surface area contributed by atoms with Gasteiger partial charge in [0.2, 0.25) is 0 Å². The molecule has 0 aliphatic carbocycles. The summed E-state index contributed by atoms with van der Waals surface area (Å²) in [5, 5.41) is 3.53. The summed E-state index contributed by atoms with van der Waals surface area (Å²) in [5.74, 6) is -1.09. The predicted octanol–water partition coefficient (Wildman–Crippen LogP) is 2.18. The predicted molar refractivity (Wildman–Crippen MR) is 59.9 cm³/mol. The molecular weight excluding hydrogens is 215 g/mol. The number of rotatable bonds is 1. The molecule has 0 saturated carbocycles. The number of hydrogen-bond acceptors (Lipinski definition) is 1. The zero-order chi connectivity index (χ0) is 10.8. The van der Waals surface area contributed by atoms with Gasteiger partial charge in [-0.3, -0.25) is 0 Å². The van der Waals surface area contributed by atoms with E-state index in [0.717, 1.165) is 6.07 Å². The second-order valence-corrected chi connectivity index (χ2v) is 3.90. The van der Waals surface area contributed by atoms with Crippen molar-refractivity contribution in [3.8, 4) is 0 Å². The molecule has 1 aliphatic heterocycles. The van der Waals surface area contributed by atoms with Crippen molar-refractivity contribution in [1.29, 1.82) is 0 Å². The lowest BCUT2D eigenvalue weighted by Crippen LogP contribution is -2.21. The van der Waals surface area contributed by atoms with E-state index >= 15 is 0 Å². The molecule has 1 aliphatic rings. The Kier molecular flexibility index (Phi) is 2.83. The largest absolute Gasteiger partial charge is 0.380 e. The number of hydrogen-bond donors (Lipinski definition) is 1. The van der Waals surface area contributed by atoms with Gasteiger partial charge in [0.25, 0.3) is 0 Å². The van der Waals surface area contributed by atoms with E-state index in [4.69, 9.17) is 0 Å². The second kappa shape index (κ2) is 4.11. The third kappa shape index (κ3) is 2.07. The Balaban J connectivity index is 2.43. The molecule has 78 valence electrons. The van der Waals surface area contributed by atoms with Crippen molar-refractivity contribution in [2.24, 2.45) is 0 Å². The van der Waals surface area contributed by atoms with E-state index in [1.807, 2.05) is 18.2 Å². The fraction of sp³-hybridized carbons (Fsp3) is 0.0909. The zero-order valence-electron chi connectivity index (χ0n) is 7.87. The first kappa shape index (κ1) is 10.3. The van der Waals surface area contributed by atoms with E-state index in [9.17, 15) is 8.78 Å². The summed E-state index contributed by atoms with van der Waals surface area (Å²) in [6.07, 6.45) is 7.20. The van der Waals surface area contributed by atoms with Crippen molar-refractivity contribution in [3.63, 3.8) is 0 Å². The molecule has 0 spiro atoms. The van der Waals surface area contributed by atoms with Crippen molar-refractivity contribution in [2.45, 2.75) is 6.04 Å².